The van der Waals surface area contributed by atoms with Crippen LogP contribution in [0.2, 0.25) is 0 Å². The average Bonchev–Trinajstić information content (AvgIpc) is 2.78. The number of anilines is 1. The predicted molar refractivity (Wildman–Crippen MR) is 135 cm³/mol. The van der Waals surface area contributed by atoms with E-state index in [2.05, 4.69) is 27.3 Å². The van der Waals surface area contributed by atoms with Gasteiger partial charge in [0.2, 0.25) is 0 Å². The summed E-state index contributed by atoms with van der Waals surface area (Å²) in [4.78, 5) is 39.0. The number of amides is 4. The number of carbonyl (C=O) groups is 3. The van der Waals surface area contributed by atoms with Crippen molar-refractivity contribution in [1.82, 2.24) is 5.32 Å². The third-order valence-corrected chi connectivity index (χ3v) is 6.21. The lowest BCUT2D eigenvalue weighted by molar-refractivity contribution is -0.122. The van der Waals surface area contributed by atoms with Crippen LogP contribution in [0.5, 0.6) is 5.75 Å². The molecule has 0 aliphatic carbocycles. The summed E-state index contributed by atoms with van der Waals surface area (Å²) in [6, 6.07) is 17.8. The molecule has 1 N–H and O–H groups in total. The van der Waals surface area contributed by atoms with Gasteiger partial charge in [-0.05, 0) is 89.3 Å². The van der Waals surface area contributed by atoms with Crippen molar-refractivity contribution >= 4 is 45.5 Å². The number of carbonyl (C=O) groups excluding carboxylic acids is 3. The van der Waals surface area contributed by atoms with Crippen molar-refractivity contribution < 1.29 is 19.1 Å². The SMILES string of the molecule is Cc1cccc(COc2ccc(/C=C3\C(=O)NC(=O)N(c4ccc(C)c(C)c4)C3=O)cc2Br)c1. The molecule has 0 bridgehead atoms. The minimum Gasteiger partial charge on any atom is -0.488 e. The van der Waals surface area contributed by atoms with E-state index < -0.39 is 17.8 Å². The standard InChI is InChI=1S/C27H23BrN2O4/c1-16-5-4-6-20(11-16)15-34-24-10-8-19(14-23(24)28)13-22-25(31)29-27(33)30(26(22)32)21-9-7-17(2)18(3)12-21/h4-14H,15H2,1-3H3,(H,29,31,33)/b22-13+. The first-order chi connectivity index (χ1) is 16.2. The van der Waals surface area contributed by atoms with Gasteiger partial charge in [0, 0.05) is 0 Å². The summed E-state index contributed by atoms with van der Waals surface area (Å²) in [5, 5.41) is 2.25. The van der Waals surface area contributed by atoms with Crippen molar-refractivity contribution in [2.75, 3.05) is 4.90 Å². The molecule has 4 amide bonds. The maximum Gasteiger partial charge on any atom is 0.335 e. The van der Waals surface area contributed by atoms with Crippen LogP contribution in [0.3, 0.4) is 0 Å². The first kappa shape index (κ1) is 23.4. The Labute approximate surface area is 206 Å². The number of nitrogens with one attached hydrogen (secondary N) is 1. The number of aryl methyl sites for hydroxylation is 3. The van der Waals surface area contributed by atoms with E-state index in [-0.39, 0.29) is 5.57 Å². The third-order valence-electron chi connectivity index (χ3n) is 5.59. The first-order valence-corrected chi connectivity index (χ1v) is 11.5. The van der Waals surface area contributed by atoms with Gasteiger partial charge in [-0.25, -0.2) is 9.69 Å². The summed E-state index contributed by atoms with van der Waals surface area (Å²) in [5.74, 6) is -0.770. The molecule has 4 rings (SSSR count). The number of barbiturate groups is 1. The van der Waals surface area contributed by atoms with Crippen LogP contribution in [0.4, 0.5) is 10.5 Å². The second-order valence-corrected chi connectivity index (χ2v) is 9.05. The van der Waals surface area contributed by atoms with Crippen LogP contribution in [0.25, 0.3) is 6.08 Å². The minimum absolute atomic E-state index is 0.127. The Bertz CT molecular complexity index is 1350. The normalized spacial score (nSPS) is 15.0. The van der Waals surface area contributed by atoms with Gasteiger partial charge in [0.25, 0.3) is 11.8 Å². The zero-order valence-electron chi connectivity index (χ0n) is 19.0. The lowest BCUT2D eigenvalue weighted by Gasteiger charge is -2.26. The van der Waals surface area contributed by atoms with Crippen molar-refractivity contribution in [3.8, 4) is 5.75 Å². The minimum atomic E-state index is -0.767. The van der Waals surface area contributed by atoms with Gasteiger partial charge >= 0.3 is 6.03 Å². The van der Waals surface area contributed by atoms with Crippen molar-refractivity contribution in [2.45, 2.75) is 27.4 Å². The molecule has 1 heterocycles. The average molecular weight is 519 g/mol. The number of urea groups is 1. The molecule has 3 aromatic rings. The molecule has 0 atom stereocenters. The molecule has 0 aromatic heterocycles. The van der Waals surface area contributed by atoms with Gasteiger partial charge in [-0.1, -0.05) is 42.0 Å². The van der Waals surface area contributed by atoms with Gasteiger partial charge in [-0.3, -0.25) is 14.9 Å². The highest BCUT2D eigenvalue weighted by atomic mass is 79.9. The quantitative estimate of drug-likeness (QED) is 0.351. The van der Waals surface area contributed by atoms with E-state index >= 15 is 0 Å². The maximum absolute atomic E-state index is 13.1. The molecule has 0 saturated carbocycles. The van der Waals surface area contributed by atoms with Gasteiger partial charge in [-0.2, -0.15) is 0 Å². The number of rotatable bonds is 5. The Morgan fingerprint density at radius 3 is 2.44 bits per heavy atom. The zero-order valence-corrected chi connectivity index (χ0v) is 20.6. The predicted octanol–water partition coefficient (Wildman–Crippen LogP) is 5.62. The Balaban J connectivity index is 1.57. The lowest BCUT2D eigenvalue weighted by Crippen LogP contribution is -2.54. The summed E-state index contributed by atoms with van der Waals surface area (Å²) in [6.07, 6.45) is 1.47. The molecule has 1 aliphatic rings. The summed E-state index contributed by atoms with van der Waals surface area (Å²) < 4.78 is 6.59. The van der Waals surface area contributed by atoms with Crippen molar-refractivity contribution in [2.24, 2.45) is 0 Å². The van der Waals surface area contributed by atoms with E-state index in [1.165, 1.54) is 6.08 Å². The molecule has 172 valence electrons. The van der Waals surface area contributed by atoms with Crippen LogP contribution in [-0.4, -0.2) is 17.8 Å². The Morgan fingerprint density at radius 2 is 1.74 bits per heavy atom. The number of hydrogen-bond donors (Lipinski definition) is 1. The molecule has 6 nitrogen and oxygen atoms in total. The fourth-order valence-corrected chi connectivity index (χ4v) is 4.12. The molecular formula is C27H23BrN2O4. The van der Waals surface area contributed by atoms with Gasteiger partial charge < -0.3 is 4.74 Å². The fourth-order valence-electron chi connectivity index (χ4n) is 3.61. The molecule has 34 heavy (non-hydrogen) atoms. The molecule has 0 unspecified atom stereocenters. The van der Waals surface area contributed by atoms with Crippen molar-refractivity contribution in [3.05, 3.63) is 98.5 Å². The second-order valence-electron chi connectivity index (χ2n) is 8.19. The summed E-state index contributed by atoms with van der Waals surface area (Å²) in [7, 11) is 0. The molecule has 0 spiro atoms. The number of benzene rings is 3. The second kappa shape index (κ2) is 9.65. The largest absolute Gasteiger partial charge is 0.488 e. The molecule has 1 aliphatic heterocycles. The number of nitrogens with zero attached hydrogens (tertiary/aromatic N) is 1. The van der Waals surface area contributed by atoms with Gasteiger partial charge in [0.1, 0.15) is 17.9 Å². The van der Waals surface area contributed by atoms with E-state index in [0.29, 0.717) is 28.1 Å². The third kappa shape index (κ3) is 4.94. The van der Waals surface area contributed by atoms with Crippen LogP contribution < -0.4 is 15.0 Å². The van der Waals surface area contributed by atoms with E-state index in [0.717, 1.165) is 27.2 Å². The van der Waals surface area contributed by atoms with E-state index in [1.54, 1.807) is 30.3 Å². The van der Waals surface area contributed by atoms with Crippen LogP contribution in [0.1, 0.15) is 27.8 Å². The Kier molecular flexibility index (Phi) is 6.65. The van der Waals surface area contributed by atoms with Crippen molar-refractivity contribution in [3.63, 3.8) is 0 Å². The molecule has 1 saturated heterocycles. The van der Waals surface area contributed by atoms with Crippen LogP contribution >= 0.6 is 15.9 Å². The molecule has 7 heteroatoms. The summed E-state index contributed by atoms with van der Waals surface area (Å²) in [5.41, 5.74) is 5.08. The molecular weight excluding hydrogens is 496 g/mol. The van der Waals surface area contributed by atoms with E-state index in [4.69, 9.17) is 4.74 Å². The van der Waals surface area contributed by atoms with Crippen LogP contribution in [0, 0.1) is 20.8 Å². The number of hydrogen-bond acceptors (Lipinski definition) is 4. The zero-order chi connectivity index (χ0) is 24.4. The highest BCUT2D eigenvalue weighted by Crippen LogP contribution is 2.29. The summed E-state index contributed by atoms with van der Waals surface area (Å²) >= 11 is 3.50. The highest BCUT2D eigenvalue weighted by molar-refractivity contribution is 9.10. The van der Waals surface area contributed by atoms with Gasteiger partial charge in [-0.15, -0.1) is 0 Å². The topological polar surface area (TPSA) is 75.7 Å². The number of imide groups is 2. The smallest absolute Gasteiger partial charge is 0.335 e. The van der Waals surface area contributed by atoms with Crippen LogP contribution in [0.15, 0.2) is 70.7 Å². The number of halogens is 1. The Morgan fingerprint density at radius 1 is 0.941 bits per heavy atom. The summed E-state index contributed by atoms with van der Waals surface area (Å²) in [6.45, 7) is 6.28. The number of ether oxygens (including phenoxy) is 1. The van der Waals surface area contributed by atoms with Crippen molar-refractivity contribution in [1.29, 1.82) is 0 Å². The Hall–Kier alpha value is -3.71. The van der Waals surface area contributed by atoms with Crippen LogP contribution in [-0.2, 0) is 16.2 Å². The van der Waals surface area contributed by atoms with E-state index in [1.807, 2.05) is 45.0 Å². The highest BCUT2D eigenvalue weighted by Gasteiger charge is 2.36. The van der Waals surface area contributed by atoms with E-state index in [9.17, 15) is 14.4 Å². The van der Waals surface area contributed by atoms with Gasteiger partial charge in [0.05, 0.1) is 10.2 Å². The molecule has 0 radical (unpaired) electrons. The maximum atomic E-state index is 13.1. The fraction of sp³-hybridized carbons (Fsp3) is 0.148. The molecule has 3 aromatic carbocycles. The molecule has 1 fully saturated rings. The lowest BCUT2D eigenvalue weighted by atomic mass is 10.1. The van der Waals surface area contributed by atoms with Gasteiger partial charge in [0.15, 0.2) is 0 Å². The monoisotopic (exact) mass is 518 g/mol. The first-order valence-electron chi connectivity index (χ1n) is 10.7.